The Balaban J connectivity index is 1.36. The largest absolute Gasteiger partial charge is 0.390 e. The van der Waals surface area contributed by atoms with Gasteiger partial charge in [-0.25, -0.2) is 19.3 Å². The summed E-state index contributed by atoms with van der Waals surface area (Å²) in [5.74, 6) is 0.624. The highest BCUT2D eigenvalue weighted by Crippen LogP contribution is 2.39. The van der Waals surface area contributed by atoms with E-state index in [9.17, 15) is 14.6 Å². The van der Waals surface area contributed by atoms with Crippen LogP contribution >= 0.6 is 0 Å². The molecular formula is C23H25FN6O2. The molecule has 0 amide bonds. The summed E-state index contributed by atoms with van der Waals surface area (Å²) in [4.78, 5) is 12.8. The van der Waals surface area contributed by atoms with Crippen LogP contribution in [0.3, 0.4) is 0 Å². The van der Waals surface area contributed by atoms with Crippen molar-refractivity contribution >= 4 is 33.6 Å². The number of halogens is 1. The number of hydrogen-bond acceptors (Lipinski definition) is 7. The van der Waals surface area contributed by atoms with Crippen molar-refractivity contribution in [2.45, 2.75) is 37.5 Å². The van der Waals surface area contributed by atoms with Crippen LogP contribution in [0.2, 0.25) is 0 Å². The van der Waals surface area contributed by atoms with Crippen LogP contribution in [0.5, 0.6) is 0 Å². The molecule has 166 valence electrons. The van der Waals surface area contributed by atoms with Crippen molar-refractivity contribution in [2.24, 2.45) is 5.92 Å². The zero-order valence-corrected chi connectivity index (χ0v) is 17.6. The lowest BCUT2D eigenvalue weighted by molar-refractivity contribution is 0.00543. The third-order valence-corrected chi connectivity index (χ3v) is 6.57. The van der Waals surface area contributed by atoms with E-state index in [1.165, 1.54) is 12.4 Å². The number of aliphatic hydroxyl groups is 2. The minimum atomic E-state index is -0.951. The molecule has 3 heterocycles. The maximum absolute atomic E-state index is 14.7. The van der Waals surface area contributed by atoms with E-state index in [-0.39, 0.29) is 17.8 Å². The highest BCUT2D eigenvalue weighted by atomic mass is 19.1. The zero-order valence-electron chi connectivity index (χ0n) is 17.6. The summed E-state index contributed by atoms with van der Waals surface area (Å²) in [6, 6.07) is 8.37. The van der Waals surface area contributed by atoms with E-state index in [4.69, 9.17) is 5.73 Å². The van der Waals surface area contributed by atoms with E-state index < -0.39 is 12.2 Å². The van der Waals surface area contributed by atoms with E-state index in [0.717, 1.165) is 11.2 Å². The van der Waals surface area contributed by atoms with E-state index in [1.54, 1.807) is 19.2 Å². The summed E-state index contributed by atoms with van der Waals surface area (Å²) in [5.41, 5.74) is 7.81. The minimum absolute atomic E-state index is 0.182. The summed E-state index contributed by atoms with van der Waals surface area (Å²) < 4.78 is 16.5. The monoisotopic (exact) mass is 436 g/mol. The molecular weight excluding hydrogens is 411 g/mol. The number of anilines is 2. The number of fused-ring (bicyclic) bond motifs is 2. The zero-order chi connectivity index (χ0) is 22.4. The molecule has 3 aromatic heterocycles. The van der Waals surface area contributed by atoms with Gasteiger partial charge in [0.1, 0.15) is 35.5 Å². The molecule has 0 bridgehead atoms. The normalized spacial score (nSPS) is 23.2. The topological polar surface area (TPSA) is 122 Å². The van der Waals surface area contributed by atoms with Crippen molar-refractivity contribution in [1.29, 1.82) is 0 Å². The van der Waals surface area contributed by atoms with Crippen LogP contribution in [0.25, 0.3) is 21.9 Å². The lowest BCUT2D eigenvalue weighted by Crippen LogP contribution is -2.29. The van der Waals surface area contributed by atoms with E-state index in [0.29, 0.717) is 47.2 Å². The number of nitrogens with zero attached hydrogens (tertiary/aromatic N) is 4. The smallest absolute Gasteiger partial charge is 0.145 e. The molecule has 5 rings (SSSR count). The second-order valence-electron chi connectivity index (χ2n) is 8.38. The van der Waals surface area contributed by atoms with Gasteiger partial charge in [-0.2, -0.15) is 0 Å². The van der Waals surface area contributed by atoms with Crippen molar-refractivity contribution in [3.8, 4) is 0 Å². The predicted molar refractivity (Wildman–Crippen MR) is 121 cm³/mol. The lowest BCUT2D eigenvalue weighted by Gasteiger charge is -2.19. The van der Waals surface area contributed by atoms with Crippen LogP contribution in [0.4, 0.5) is 16.0 Å². The molecule has 0 unspecified atom stereocenters. The quantitative estimate of drug-likeness (QED) is 0.379. The first-order chi connectivity index (χ1) is 15.5. The predicted octanol–water partition coefficient (Wildman–Crippen LogP) is 2.66. The Kier molecular flexibility index (Phi) is 5.15. The van der Waals surface area contributed by atoms with Crippen molar-refractivity contribution in [2.75, 3.05) is 18.1 Å². The summed E-state index contributed by atoms with van der Waals surface area (Å²) in [5, 5.41) is 25.9. The lowest BCUT2D eigenvalue weighted by atomic mass is 9.95. The first-order valence-electron chi connectivity index (χ1n) is 10.7. The summed E-state index contributed by atoms with van der Waals surface area (Å²) in [6.45, 7) is 0. The number of aryl methyl sites for hydroxylation is 1. The van der Waals surface area contributed by atoms with Gasteiger partial charge in [-0.3, -0.25) is 0 Å². The number of nitrogens with one attached hydrogen (secondary N) is 1. The number of rotatable bonds is 5. The molecule has 1 fully saturated rings. The van der Waals surface area contributed by atoms with Gasteiger partial charge in [-0.15, -0.1) is 0 Å². The van der Waals surface area contributed by atoms with Crippen LogP contribution < -0.4 is 11.1 Å². The van der Waals surface area contributed by atoms with Gasteiger partial charge in [-0.1, -0.05) is 0 Å². The Bertz CT molecular complexity index is 1290. The molecule has 1 saturated carbocycles. The summed E-state index contributed by atoms with van der Waals surface area (Å²) >= 11 is 0. The van der Waals surface area contributed by atoms with Crippen molar-refractivity contribution in [3.05, 3.63) is 54.2 Å². The van der Waals surface area contributed by atoms with Gasteiger partial charge in [-0.05, 0) is 61.1 Å². The highest BCUT2D eigenvalue weighted by molar-refractivity contribution is 5.86. The Hall–Kier alpha value is -3.30. The van der Waals surface area contributed by atoms with E-state index >= 15 is 0 Å². The highest BCUT2D eigenvalue weighted by Gasteiger charge is 2.42. The molecule has 0 aliphatic heterocycles. The van der Waals surface area contributed by atoms with Crippen LogP contribution in [0.1, 0.15) is 24.4 Å². The molecule has 1 aliphatic carbocycles. The van der Waals surface area contributed by atoms with Crippen molar-refractivity contribution < 1.29 is 14.6 Å². The number of benzene rings is 1. The second-order valence-corrected chi connectivity index (χ2v) is 8.38. The Morgan fingerprint density at radius 3 is 2.84 bits per heavy atom. The Morgan fingerprint density at radius 2 is 2.03 bits per heavy atom. The molecule has 32 heavy (non-hydrogen) atoms. The average molecular weight is 436 g/mol. The Morgan fingerprint density at radius 1 is 1.19 bits per heavy atom. The van der Waals surface area contributed by atoms with Gasteiger partial charge < -0.3 is 25.8 Å². The maximum Gasteiger partial charge on any atom is 0.145 e. The minimum Gasteiger partial charge on any atom is -0.390 e. The molecule has 0 radical (unpaired) electrons. The number of aliphatic hydroxyl groups excluding tert-OH is 2. The average Bonchev–Trinajstić information content (AvgIpc) is 3.34. The molecule has 8 nitrogen and oxygen atoms in total. The maximum atomic E-state index is 14.7. The third kappa shape index (κ3) is 3.43. The molecule has 1 aromatic carbocycles. The van der Waals surface area contributed by atoms with Crippen molar-refractivity contribution in [1.82, 2.24) is 19.5 Å². The van der Waals surface area contributed by atoms with Crippen LogP contribution in [0, 0.1) is 11.7 Å². The standard InChI is InChI=1S/C23H25FN6O2/c1-26-19-5-4-13-8-16(24)12(9-17(13)29-19)2-3-14-10-18(21(32)20(14)31)30-7-6-15-22(25)27-11-28-23(15)30/h4-9,11,14,18,20-21,31-32H,2-3,10H2,1H3,(H,26,29)(H2,25,27,28)/t14-,18+,20+,21-/m0/s1. The fraction of sp³-hybridized carbons (Fsp3) is 0.348. The van der Waals surface area contributed by atoms with Gasteiger partial charge in [0.05, 0.1) is 23.0 Å². The number of nitrogen functional groups attached to an aromatic ring is 1. The SMILES string of the molecule is CNc1ccc2cc(F)c(CC[C@H]3C[C@@H](n4ccc5c(N)ncnc54)[C@H](O)[C@@H]3O)cc2n1. The fourth-order valence-electron chi connectivity index (χ4n) is 4.78. The first-order valence-corrected chi connectivity index (χ1v) is 10.7. The molecule has 0 spiro atoms. The van der Waals surface area contributed by atoms with Crippen LogP contribution in [-0.4, -0.2) is 49.0 Å². The van der Waals surface area contributed by atoms with Crippen LogP contribution in [-0.2, 0) is 6.42 Å². The van der Waals surface area contributed by atoms with Gasteiger partial charge in [0.25, 0.3) is 0 Å². The molecule has 1 aliphatic rings. The number of hydrogen-bond donors (Lipinski definition) is 4. The fourth-order valence-corrected chi connectivity index (χ4v) is 4.78. The molecule has 4 aromatic rings. The number of nitrogens with two attached hydrogens (primary N) is 1. The number of pyridine rings is 1. The summed E-state index contributed by atoms with van der Waals surface area (Å²) in [7, 11) is 1.79. The van der Waals surface area contributed by atoms with Gasteiger partial charge >= 0.3 is 0 Å². The van der Waals surface area contributed by atoms with Gasteiger partial charge in [0.15, 0.2) is 0 Å². The first kappa shape index (κ1) is 20.6. The van der Waals surface area contributed by atoms with E-state index in [2.05, 4.69) is 20.3 Å². The van der Waals surface area contributed by atoms with Crippen molar-refractivity contribution in [3.63, 3.8) is 0 Å². The van der Waals surface area contributed by atoms with Crippen LogP contribution in [0.15, 0.2) is 42.9 Å². The Labute approximate surface area is 183 Å². The van der Waals surface area contributed by atoms with E-state index in [1.807, 2.05) is 22.9 Å². The molecule has 4 atom stereocenters. The van der Waals surface area contributed by atoms with Gasteiger partial charge in [0.2, 0.25) is 0 Å². The molecule has 0 saturated heterocycles. The number of aromatic nitrogens is 4. The third-order valence-electron chi connectivity index (χ3n) is 6.57. The molecule has 5 N–H and O–H groups in total. The second kappa shape index (κ2) is 7.99. The molecule has 9 heteroatoms. The summed E-state index contributed by atoms with van der Waals surface area (Å²) in [6.07, 6.45) is 2.87. The van der Waals surface area contributed by atoms with Gasteiger partial charge in [0, 0.05) is 18.6 Å².